The maximum Gasteiger partial charge on any atom is 0.271 e. The molecule has 1 amide bonds. The van der Waals surface area contributed by atoms with Crippen LogP contribution in [0.5, 0.6) is 23.1 Å². The molecule has 10 nitrogen and oxygen atoms in total. The van der Waals surface area contributed by atoms with E-state index < -0.39 is 5.91 Å². The van der Waals surface area contributed by atoms with Crippen LogP contribution in [0.1, 0.15) is 10.5 Å². The fourth-order valence-electron chi connectivity index (χ4n) is 2.43. The second-order valence-corrected chi connectivity index (χ2v) is 5.67. The van der Waals surface area contributed by atoms with Gasteiger partial charge in [-0.15, -0.1) is 0 Å². The smallest absolute Gasteiger partial charge is 0.271 e. The van der Waals surface area contributed by atoms with E-state index in [1.165, 1.54) is 31.6 Å². The Kier molecular flexibility index (Phi) is 6.05. The van der Waals surface area contributed by atoms with E-state index in [9.17, 15) is 10.0 Å². The summed E-state index contributed by atoms with van der Waals surface area (Å²) >= 11 is 0. The van der Waals surface area contributed by atoms with Crippen molar-refractivity contribution in [3.63, 3.8) is 0 Å². The maximum absolute atomic E-state index is 12.1. The number of carbonyl (C=O) groups is 1. The molecule has 3 N–H and O–H groups in total. The summed E-state index contributed by atoms with van der Waals surface area (Å²) in [6.45, 7) is -0.396. The number of rotatable bonds is 8. The van der Waals surface area contributed by atoms with Gasteiger partial charge >= 0.3 is 0 Å². The minimum absolute atomic E-state index is 0.0948. The highest BCUT2D eigenvalue weighted by Crippen LogP contribution is 2.38. The Balaban J connectivity index is 2.14. The molecule has 29 heavy (non-hydrogen) atoms. The molecule has 0 bridgehead atoms. The molecule has 2 heterocycles. The number of aliphatic hydroxyl groups excluding tert-OH is 1. The number of benzene rings is 1. The van der Waals surface area contributed by atoms with Crippen LogP contribution in [-0.2, 0) is 0 Å². The topological polar surface area (TPSA) is 144 Å². The summed E-state index contributed by atoms with van der Waals surface area (Å²) in [5, 5.41) is 20.4. The van der Waals surface area contributed by atoms with Crippen LogP contribution in [0, 0.1) is 5.21 Å². The first-order valence-corrected chi connectivity index (χ1v) is 8.49. The van der Waals surface area contributed by atoms with Crippen molar-refractivity contribution in [3.05, 3.63) is 59.7 Å². The zero-order chi connectivity index (χ0) is 20.8. The molecule has 1 aromatic carbocycles. The number of aliphatic hydroxyl groups is 1. The monoisotopic (exact) mass is 398 g/mol. The van der Waals surface area contributed by atoms with E-state index >= 15 is 0 Å². The number of primary amides is 1. The predicted molar refractivity (Wildman–Crippen MR) is 101 cm³/mol. The molecule has 0 saturated carbocycles. The van der Waals surface area contributed by atoms with Gasteiger partial charge in [0.2, 0.25) is 5.75 Å². The lowest BCUT2D eigenvalue weighted by Crippen LogP contribution is -2.23. The van der Waals surface area contributed by atoms with Crippen LogP contribution in [-0.4, -0.2) is 41.3 Å². The largest absolute Gasteiger partial charge is 0.619 e. The number of nitrogens with zero attached hydrogens (tertiary/aromatic N) is 3. The van der Waals surface area contributed by atoms with Gasteiger partial charge in [-0.05, 0) is 12.1 Å². The van der Waals surface area contributed by atoms with Crippen molar-refractivity contribution < 1.29 is 28.8 Å². The molecule has 2 aromatic heterocycles. The van der Waals surface area contributed by atoms with E-state index in [0.717, 1.165) is 0 Å². The molecule has 0 fully saturated rings. The maximum atomic E-state index is 12.1. The lowest BCUT2D eigenvalue weighted by Gasteiger charge is -2.16. The lowest BCUT2D eigenvalue weighted by molar-refractivity contribution is -0.605. The SMILES string of the molecule is COc1ccccc1Oc1c(OCCO)nc(-c2cc[n+]([O-])cc2)nc1C(N)=O. The second kappa shape index (κ2) is 8.85. The van der Waals surface area contributed by atoms with Crippen LogP contribution in [0.2, 0.25) is 0 Å². The molecule has 0 spiro atoms. The number of para-hydroxylation sites is 2. The molecule has 0 unspecified atom stereocenters. The average Bonchev–Trinajstić information content (AvgIpc) is 2.73. The molecule has 3 rings (SSSR count). The fraction of sp³-hybridized carbons (Fsp3) is 0.158. The predicted octanol–water partition coefficient (Wildman–Crippen LogP) is 1.05. The first-order chi connectivity index (χ1) is 14.0. The van der Waals surface area contributed by atoms with Gasteiger partial charge in [0, 0.05) is 17.7 Å². The Hall–Kier alpha value is -3.92. The van der Waals surface area contributed by atoms with E-state index in [-0.39, 0.29) is 42.1 Å². The van der Waals surface area contributed by atoms with Gasteiger partial charge < -0.3 is 30.3 Å². The zero-order valence-corrected chi connectivity index (χ0v) is 15.4. The van der Waals surface area contributed by atoms with E-state index in [1.54, 1.807) is 24.3 Å². The Morgan fingerprint density at radius 3 is 2.48 bits per heavy atom. The molecule has 0 radical (unpaired) electrons. The van der Waals surface area contributed by atoms with Crippen LogP contribution >= 0.6 is 0 Å². The highest BCUT2D eigenvalue weighted by Gasteiger charge is 2.24. The number of amides is 1. The Bertz CT molecular complexity index is 1010. The van der Waals surface area contributed by atoms with E-state index in [2.05, 4.69) is 9.97 Å². The number of methoxy groups -OCH3 is 1. The normalized spacial score (nSPS) is 10.4. The summed E-state index contributed by atoms with van der Waals surface area (Å²) in [4.78, 5) is 20.6. The summed E-state index contributed by atoms with van der Waals surface area (Å²) in [5.41, 5.74) is 5.73. The van der Waals surface area contributed by atoms with Crippen LogP contribution < -0.4 is 24.7 Å². The van der Waals surface area contributed by atoms with Gasteiger partial charge in [-0.25, -0.2) is 4.98 Å². The van der Waals surface area contributed by atoms with Crippen LogP contribution in [0.4, 0.5) is 0 Å². The first kappa shape index (κ1) is 19.8. The number of carbonyl (C=O) groups excluding carboxylic acids is 1. The highest BCUT2D eigenvalue weighted by molar-refractivity contribution is 5.95. The van der Waals surface area contributed by atoms with Crippen molar-refractivity contribution in [1.82, 2.24) is 9.97 Å². The summed E-state index contributed by atoms with van der Waals surface area (Å²) in [6, 6.07) is 9.71. The Labute approximate surface area is 165 Å². The van der Waals surface area contributed by atoms with Crippen LogP contribution in [0.3, 0.4) is 0 Å². The quantitative estimate of drug-likeness (QED) is 0.423. The molecule has 3 aromatic rings. The third kappa shape index (κ3) is 4.50. The molecule has 0 saturated heterocycles. The van der Waals surface area contributed by atoms with E-state index in [4.69, 9.17) is 25.1 Å². The minimum atomic E-state index is -0.873. The number of hydrogen-bond donors (Lipinski definition) is 2. The standard InChI is InChI=1S/C19H18N4O6/c1-27-13-4-2-3-5-14(13)29-16-15(17(20)25)21-18(22-19(16)28-11-10-24)12-6-8-23(26)9-7-12/h2-9,24H,10-11H2,1H3,(H2,20,25). The molecule has 0 atom stereocenters. The van der Waals surface area contributed by atoms with Crippen molar-refractivity contribution in [2.45, 2.75) is 0 Å². The molecule has 150 valence electrons. The van der Waals surface area contributed by atoms with Crippen molar-refractivity contribution in [3.8, 4) is 34.5 Å². The summed E-state index contributed by atoms with van der Waals surface area (Å²) < 4.78 is 17.1. The van der Waals surface area contributed by atoms with Crippen LogP contribution in [0.25, 0.3) is 11.4 Å². The summed E-state index contributed by atoms with van der Waals surface area (Å²) in [5.74, 6) is -0.295. The first-order valence-electron chi connectivity index (χ1n) is 8.49. The minimum Gasteiger partial charge on any atom is -0.619 e. The molecule has 10 heteroatoms. The molecule has 0 aliphatic heterocycles. The van der Waals surface area contributed by atoms with Gasteiger partial charge in [0.05, 0.1) is 13.7 Å². The molecule has 0 aliphatic rings. The van der Waals surface area contributed by atoms with Gasteiger partial charge in [0.1, 0.15) is 6.61 Å². The zero-order valence-electron chi connectivity index (χ0n) is 15.4. The van der Waals surface area contributed by atoms with Gasteiger partial charge in [0.25, 0.3) is 11.8 Å². The van der Waals surface area contributed by atoms with Crippen molar-refractivity contribution in [1.29, 1.82) is 0 Å². The summed E-state index contributed by atoms with van der Waals surface area (Å²) in [7, 11) is 1.47. The van der Waals surface area contributed by atoms with Gasteiger partial charge in [0.15, 0.2) is 35.4 Å². The Morgan fingerprint density at radius 1 is 1.17 bits per heavy atom. The number of hydrogen-bond acceptors (Lipinski definition) is 8. The van der Waals surface area contributed by atoms with Crippen molar-refractivity contribution >= 4 is 5.91 Å². The molecule has 0 aliphatic carbocycles. The summed E-state index contributed by atoms with van der Waals surface area (Å²) in [6.07, 6.45) is 2.52. The number of aromatic nitrogens is 3. The third-order valence-electron chi connectivity index (χ3n) is 3.74. The van der Waals surface area contributed by atoms with Crippen LogP contribution in [0.15, 0.2) is 48.8 Å². The molecular weight excluding hydrogens is 380 g/mol. The van der Waals surface area contributed by atoms with Crippen molar-refractivity contribution in [2.24, 2.45) is 5.73 Å². The average molecular weight is 398 g/mol. The number of pyridine rings is 1. The number of nitrogens with two attached hydrogens (primary N) is 1. The Morgan fingerprint density at radius 2 is 1.86 bits per heavy atom. The lowest BCUT2D eigenvalue weighted by atomic mass is 10.2. The van der Waals surface area contributed by atoms with Crippen molar-refractivity contribution in [2.75, 3.05) is 20.3 Å². The second-order valence-electron chi connectivity index (χ2n) is 5.67. The van der Waals surface area contributed by atoms with Gasteiger partial charge in [-0.3, -0.25) is 4.79 Å². The third-order valence-corrected chi connectivity index (χ3v) is 3.74. The fourth-order valence-corrected chi connectivity index (χ4v) is 2.43. The van der Waals surface area contributed by atoms with Gasteiger partial charge in [-0.1, -0.05) is 12.1 Å². The van der Waals surface area contributed by atoms with Gasteiger partial charge in [-0.2, -0.15) is 9.71 Å². The number of ether oxygens (including phenoxy) is 3. The van der Waals surface area contributed by atoms with E-state index in [1.807, 2.05) is 0 Å². The highest BCUT2D eigenvalue weighted by atomic mass is 16.5. The van der Waals surface area contributed by atoms with E-state index in [0.29, 0.717) is 16.0 Å². The molecular formula is C19H18N4O6.